The van der Waals surface area contributed by atoms with Crippen LogP contribution in [0.15, 0.2) is 18.2 Å². The van der Waals surface area contributed by atoms with Gasteiger partial charge in [0.2, 0.25) is 5.91 Å². The predicted octanol–water partition coefficient (Wildman–Crippen LogP) is 2.83. The van der Waals surface area contributed by atoms with Crippen molar-refractivity contribution in [1.82, 2.24) is 5.32 Å². The minimum atomic E-state index is -0.855. The zero-order chi connectivity index (χ0) is 14.5. The second kappa shape index (κ2) is 6.52. The first kappa shape index (κ1) is 15.4. The van der Waals surface area contributed by atoms with Crippen molar-refractivity contribution in [3.63, 3.8) is 0 Å². The van der Waals surface area contributed by atoms with Gasteiger partial charge in [-0.1, -0.05) is 0 Å². The Labute approximate surface area is 117 Å². The average molecular weight is 281 g/mol. The summed E-state index contributed by atoms with van der Waals surface area (Å²) in [6.45, 7) is 5.64. The minimum Gasteiger partial charge on any atom is -0.481 e. The lowest BCUT2D eigenvalue weighted by Crippen LogP contribution is -2.42. The normalized spacial score (nSPS) is 11.7. The van der Waals surface area contributed by atoms with Crippen molar-refractivity contribution in [2.24, 2.45) is 0 Å². The van der Waals surface area contributed by atoms with Crippen LogP contribution in [0.4, 0.5) is 0 Å². The first-order valence-corrected chi connectivity index (χ1v) is 6.89. The minimum absolute atomic E-state index is 0.0428. The van der Waals surface area contributed by atoms with Gasteiger partial charge >= 0.3 is 5.97 Å². The van der Waals surface area contributed by atoms with Gasteiger partial charge in [-0.2, -0.15) is 0 Å². The van der Waals surface area contributed by atoms with Crippen LogP contribution in [0.2, 0.25) is 0 Å². The molecule has 1 rings (SSSR count). The fourth-order valence-corrected chi connectivity index (χ4v) is 2.34. The van der Waals surface area contributed by atoms with Crippen LogP contribution < -0.4 is 5.32 Å². The Balaban J connectivity index is 2.50. The highest BCUT2D eigenvalue weighted by Gasteiger charge is 2.20. The molecule has 1 aromatic rings. The summed E-state index contributed by atoms with van der Waals surface area (Å²) >= 11 is 1.62. The molecule has 1 aromatic heterocycles. The number of nitrogens with one attached hydrogen (secondary N) is 1. The number of hydrogen-bond acceptors (Lipinski definition) is 3. The lowest BCUT2D eigenvalue weighted by atomic mass is 9.98. The zero-order valence-electron chi connectivity index (χ0n) is 11.4. The Hall–Kier alpha value is -1.62. The van der Waals surface area contributed by atoms with Crippen LogP contribution >= 0.6 is 11.3 Å². The summed E-state index contributed by atoms with van der Waals surface area (Å²) < 4.78 is 0. The smallest absolute Gasteiger partial charge is 0.303 e. The van der Waals surface area contributed by atoms with Crippen molar-refractivity contribution < 1.29 is 14.7 Å². The molecule has 0 aromatic carbocycles. The van der Waals surface area contributed by atoms with Crippen LogP contribution in [0, 0.1) is 6.92 Å². The Bertz CT molecular complexity index is 489. The molecule has 0 aliphatic rings. The fraction of sp³-hybridized carbons (Fsp3) is 0.429. The maximum absolute atomic E-state index is 11.7. The largest absolute Gasteiger partial charge is 0.481 e. The molecule has 0 unspecified atom stereocenters. The summed E-state index contributed by atoms with van der Waals surface area (Å²) in [4.78, 5) is 24.5. The summed E-state index contributed by atoms with van der Waals surface area (Å²) in [6, 6.07) is 3.96. The highest BCUT2D eigenvalue weighted by molar-refractivity contribution is 7.12. The molecule has 1 heterocycles. The van der Waals surface area contributed by atoms with E-state index in [0.29, 0.717) is 6.42 Å². The van der Waals surface area contributed by atoms with Crippen molar-refractivity contribution in [3.05, 3.63) is 28.0 Å². The molecule has 0 fully saturated rings. The molecule has 0 saturated heterocycles. The number of aryl methyl sites for hydroxylation is 1. The summed E-state index contributed by atoms with van der Waals surface area (Å²) in [6.07, 6.45) is 3.69. The Morgan fingerprint density at radius 2 is 2.11 bits per heavy atom. The number of aliphatic carboxylic acids is 1. The van der Waals surface area contributed by atoms with E-state index in [0.717, 1.165) is 4.88 Å². The molecule has 0 radical (unpaired) electrons. The van der Waals surface area contributed by atoms with Gasteiger partial charge in [-0.3, -0.25) is 9.59 Å². The van der Waals surface area contributed by atoms with Crippen molar-refractivity contribution in [1.29, 1.82) is 0 Å². The molecule has 0 atom stereocenters. The third kappa shape index (κ3) is 6.20. The van der Waals surface area contributed by atoms with Gasteiger partial charge in [0.1, 0.15) is 0 Å². The number of hydrogen-bond donors (Lipinski definition) is 2. The van der Waals surface area contributed by atoms with Gasteiger partial charge in [0.25, 0.3) is 0 Å². The Morgan fingerprint density at radius 1 is 1.42 bits per heavy atom. The molecule has 0 spiro atoms. The molecule has 5 heteroatoms. The molecule has 0 aliphatic heterocycles. The molecule has 4 nitrogen and oxygen atoms in total. The van der Waals surface area contributed by atoms with Gasteiger partial charge in [-0.25, -0.2) is 0 Å². The van der Waals surface area contributed by atoms with Crippen LogP contribution in [0.5, 0.6) is 0 Å². The highest BCUT2D eigenvalue weighted by atomic mass is 32.1. The van der Waals surface area contributed by atoms with Crippen LogP contribution in [0.3, 0.4) is 0 Å². The molecule has 1 amide bonds. The monoisotopic (exact) mass is 281 g/mol. The van der Waals surface area contributed by atoms with Gasteiger partial charge in [-0.15, -0.1) is 11.3 Å². The first-order chi connectivity index (χ1) is 8.78. The number of rotatable bonds is 6. The molecule has 19 heavy (non-hydrogen) atoms. The molecule has 0 saturated carbocycles. The summed E-state index contributed by atoms with van der Waals surface area (Å²) in [5.41, 5.74) is -0.523. The quantitative estimate of drug-likeness (QED) is 0.788. The van der Waals surface area contributed by atoms with Crippen LogP contribution in [0.25, 0.3) is 6.08 Å². The lowest BCUT2D eigenvalue weighted by molar-refractivity contribution is -0.137. The third-order valence-electron chi connectivity index (χ3n) is 2.59. The fourth-order valence-electron chi connectivity index (χ4n) is 1.56. The van der Waals surface area contributed by atoms with E-state index in [1.807, 2.05) is 32.9 Å². The molecule has 2 N–H and O–H groups in total. The van der Waals surface area contributed by atoms with E-state index < -0.39 is 11.5 Å². The second-order valence-electron chi connectivity index (χ2n) is 5.05. The van der Waals surface area contributed by atoms with Gasteiger partial charge in [0.15, 0.2) is 0 Å². The van der Waals surface area contributed by atoms with Crippen molar-refractivity contribution in [3.8, 4) is 0 Å². The van der Waals surface area contributed by atoms with E-state index in [2.05, 4.69) is 5.32 Å². The Kier molecular flexibility index (Phi) is 5.30. The lowest BCUT2D eigenvalue weighted by Gasteiger charge is -2.24. The highest BCUT2D eigenvalue weighted by Crippen LogP contribution is 2.16. The molecule has 0 bridgehead atoms. The number of carboxylic acids is 1. The topological polar surface area (TPSA) is 66.4 Å². The van der Waals surface area contributed by atoms with E-state index in [4.69, 9.17) is 5.11 Å². The van der Waals surface area contributed by atoms with E-state index in [1.165, 1.54) is 11.0 Å². The number of amides is 1. The van der Waals surface area contributed by atoms with Gasteiger partial charge in [0.05, 0.1) is 0 Å². The molecular formula is C14H19NO3S. The van der Waals surface area contributed by atoms with Crippen molar-refractivity contribution >= 4 is 29.3 Å². The standard InChI is InChI=1S/C14H19NO3S/c1-10-4-5-11(19-10)6-7-12(16)15-14(2,3)9-8-13(17)18/h4-7H,8-9H2,1-3H3,(H,15,16)(H,17,18). The summed E-state index contributed by atoms with van der Waals surface area (Å²) in [5.74, 6) is -1.06. The van der Waals surface area contributed by atoms with E-state index in [-0.39, 0.29) is 12.3 Å². The number of thiophene rings is 1. The summed E-state index contributed by atoms with van der Waals surface area (Å²) in [5, 5.41) is 11.4. The van der Waals surface area contributed by atoms with E-state index >= 15 is 0 Å². The third-order valence-corrected chi connectivity index (χ3v) is 3.55. The number of carbonyl (C=O) groups is 2. The van der Waals surface area contributed by atoms with Crippen LogP contribution in [-0.2, 0) is 9.59 Å². The van der Waals surface area contributed by atoms with Crippen molar-refractivity contribution in [2.75, 3.05) is 0 Å². The molecule has 0 aliphatic carbocycles. The predicted molar refractivity (Wildman–Crippen MR) is 77.2 cm³/mol. The molecular weight excluding hydrogens is 262 g/mol. The maximum atomic E-state index is 11.7. The zero-order valence-corrected chi connectivity index (χ0v) is 12.2. The number of carbonyl (C=O) groups excluding carboxylic acids is 1. The van der Waals surface area contributed by atoms with E-state index in [9.17, 15) is 9.59 Å². The maximum Gasteiger partial charge on any atom is 0.303 e. The Morgan fingerprint density at radius 3 is 2.63 bits per heavy atom. The molecule has 104 valence electrons. The van der Waals surface area contributed by atoms with Gasteiger partial charge in [-0.05, 0) is 45.4 Å². The average Bonchev–Trinajstić information content (AvgIpc) is 2.69. The van der Waals surface area contributed by atoms with E-state index in [1.54, 1.807) is 17.4 Å². The van der Waals surface area contributed by atoms with Gasteiger partial charge < -0.3 is 10.4 Å². The first-order valence-electron chi connectivity index (χ1n) is 6.07. The number of carboxylic acid groups (broad SMARTS) is 1. The van der Waals surface area contributed by atoms with Crippen LogP contribution in [0.1, 0.15) is 36.4 Å². The van der Waals surface area contributed by atoms with Crippen molar-refractivity contribution in [2.45, 2.75) is 39.2 Å². The SMILES string of the molecule is Cc1ccc(C=CC(=O)NC(C)(C)CCC(=O)O)s1. The second-order valence-corrected chi connectivity index (χ2v) is 6.37. The van der Waals surface area contributed by atoms with Gasteiger partial charge in [0, 0.05) is 27.8 Å². The summed E-state index contributed by atoms with van der Waals surface area (Å²) in [7, 11) is 0. The van der Waals surface area contributed by atoms with Crippen LogP contribution in [-0.4, -0.2) is 22.5 Å².